The van der Waals surface area contributed by atoms with Crippen molar-refractivity contribution >= 4 is 0 Å². The molecular formula is C13H24N2. The lowest BCUT2D eigenvalue weighted by atomic mass is 9.92. The van der Waals surface area contributed by atoms with E-state index in [-0.39, 0.29) is 0 Å². The maximum Gasteiger partial charge on any atom is 0.0126 e. The van der Waals surface area contributed by atoms with Crippen LogP contribution >= 0.6 is 0 Å². The summed E-state index contributed by atoms with van der Waals surface area (Å²) in [6.45, 7) is 3.61. The van der Waals surface area contributed by atoms with Crippen LogP contribution in [0.15, 0.2) is 0 Å². The predicted octanol–water partition coefficient (Wildman–Crippen LogP) is 1.85. The molecule has 0 amide bonds. The van der Waals surface area contributed by atoms with Crippen molar-refractivity contribution < 1.29 is 0 Å². The molecule has 2 N–H and O–H groups in total. The number of hydrogen-bond donors (Lipinski definition) is 1. The standard InChI is InChI=1S/C13H24N2/c14-6-3-10-4-7-15(8-5-10)13-2-1-11-9-12(11)13/h10-13H,1-9,14H2. The Morgan fingerprint density at radius 3 is 2.40 bits per heavy atom. The number of nitrogens with zero attached hydrogens (tertiary/aromatic N) is 1. The van der Waals surface area contributed by atoms with Crippen LogP contribution in [0.25, 0.3) is 0 Å². The minimum absolute atomic E-state index is 0.888. The molecule has 2 saturated carbocycles. The zero-order valence-electron chi connectivity index (χ0n) is 9.70. The quantitative estimate of drug-likeness (QED) is 0.767. The van der Waals surface area contributed by atoms with Gasteiger partial charge >= 0.3 is 0 Å². The summed E-state index contributed by atoms with van der Waals surface area (Å²) < 4.78 is 0. The first-order chi connectivity index (χ1) is 7.38. The highest BCUT2D eigenvalue weighted by atomic mass is 15.2. The van der Waals surface area contributed by atoms with Crippen molar-refractivity contribution in [3.63, 3.8) is 0 Å². The first-order valence-corrected chi connectivity index (χ1v) is 6.82. The van der Waals surface area contributed by atoms with Crippen molar-refractivity contribution in [3.8, 4) is 0 Å². The number of fused-ring (bicyclic) bond motifs is 1. The lowest BCUT2D eigenvalue weighted by molar-refractivity contribution is 0.120. The second-order valence-electron chi connectivity index (χ2n) is 5.86. The highest BCUT2D eigenvalue weighted by Crippen LogP contribution is 2.53. The molecular weight excluding hydrogens is 184 g/mol. The lowest BCUT2D eigenvalue weighted by Crippen LogP contribution is -2.41. The summed E-state index contributed by atoms with van der Waals surface area (Å²) >= 11 is 0. The van der Waals surface area contributed by atoms with Gasteiger partial charge in [-0.15, -0.1) is 0 Å². The molecule has 3 fully saturated rings. The summed E-state index contributed by atoms with van der Waals surface area (Å²) in [6.07, 6.45) is 8.64. The second kappa shape index (κ2) is 4.06. The van der Waals surface area contributed by atoms with Crippen LogP contribution in [-0.4, -0.2) is 30.6 Å². The summed E-state index contributed by atoms with van der Waals surface area (Å²) in [7, 11) is 0. The van der Waals surface area contributed by atoms with Gasteiger partial charge in [0.2, 0.25) is 0 Å². The van der Waals surface area contributed by atoms with Gasteiger partial charge < -0.3 is 10.6 Å². The van der Waals surface area contributed by atoms with Gasteiger partial charge in [0.25, 0.3) is 0 Å². The van der Waals surface area contributed by atoms with E-state index < -0.39 is 0 Å². The van der Waals surface area contributed by atoms with E-state index in [9.17, 15) is 0 Å². The van der Waals surface area contributed by atoms with Crippen molar-refractivity contribution in [3.05, 3.63) is 0 Å². The Balaban J connectivity index is 1.49. The monoisotopic (exact) mass is 208 g/mol. The molecule has 15 heavy (non-hydrogen) atoms. The van der Waals surface area contributed by atoms with E-state index in [4.69, 9.17) is 5.73 Å². The maximum atomic E-state index is 5.63. The Morgan fingerprint density at radius 1 is 1.07 bits per heavy atom. The molecule has 0 aromatic carbocycles. The Bertz CT molecular complexity index is 221. The van der Waals surface area contributed by atoms with E-state index in [0.717, 1.165) is 30.3 Å². The first-order valence-electron chi connectivity index (χ1n) is 6.82. The van der Waals surface area contributed by atoms with Gasteiger partial charge in [0.05, 0.1) is 0 Å². The minimum atomic E-state index is 0.888. The molecule has 3 aliphatic rings. The second-order valence-corrected chi connectivity index (χ2v) is 5.86. The van der Waals surface area contributed by atoms with Crippen molar-refractivity contribution in [2.24, 2.45) is 23.5 Å². The van der Waals surface area contributed by atoms with E-state index in [2.05, 4.69) is 4.90 Å². The number of likely N-dealkylation sites (tertiary alicyclic amines) is 1. The highest BCUT2D eigenvalue weighted by molar-refractivity contribution is 5.02. The van der Waals surface area contributed by atoms with Crippen LogP contribution in [0.2, 0.25) is 0 Å². The number of piperidine rings is 1. The van der Waals surface area contributed by atoms with Crippen LogP contribution in [-0.2, 0) is 0 Å². The summed E-state index contributed by atoms with van der Waals surface area (Å²) in [5.41, 5.74) is 5.63. The van der Waals surface area contributed by atoms with Crippen LogP contribution in [0.3, 0.4) is 0 Å². The summed E-state index contributed by atoms with van der Waals surface area (Å²) in [6, 6.07) is 0.980. The molecule has 0 aromatic heterocycles. The van der Waals surface area contributed by atoms with Crippen LogP contribution in [0.5, 0.6) is 0 Å². The fourth-order valence-corrected chi connectivity index (χ4v) is 3.94. The fourth-order valence-electron chi connectivity index (χ4n) is 3.94. The van der Waals surface area contributed by atoms with Crippen molar-refractivity contribution in [1.82, 2.24) is 4.90 Å². The van der Waals surface area contributed by atoms with Crippen LogP contribution in [0, 0.1) is 17.8 Å². The molecule has 1 saturated heterocycles. The van der Waals surface area contributed by atoms with Gasteiger partial charge in [-0.2, -0.15) is 0 Å². The number of nitrogens with two attached hydrogens (primary N) is 1. The van der Waals surface area contributed by atoms with Crippen molar-refractivity contribution in [2.45, 2.75) is 44.6 Å². The van der Waals surface area contributed by atoms with E-state index in [1.807, 2.05) is 0 Å². The molecule has 2 heteroatoms. The third-order valence-corrected chi connectivity index (χ3v) is 5.00. The van der Waals surface area contributed by atoms with E-state index >= 15 is 0 Å². The van der Waals surface area contributed by atoms with E-state index in [1.54, 1.807) is 6.42 Å². The predicted molar refractivity (Wildman–Crippen MR) is 62.6 cm³/mol. The third kappa shape index (κ3) is 1.94. The molecule has 86 valence electrons. The highest BCUT2D eigenvalue weighted by Gasteiger charge is 2.50. The zero-order valence-corrected chi connectivity index (χ0v) is 9.70. The molecule has 1 aliphatic heterocycles. The molecule has 1 heterocycles. The molecule has 2 aliphatic carbocycles. The van der Waals surface area contributed by atoms with Gasteiger partial charge in [-0.3, -0.25) is 0 Å². The smallest absolute Gasteiger partial charge is 0.0126 e. The topological polar surface area (TPSA) is 29.3 Å². The number of hydrogen-bond acceptors (Lipinski definition) is 2. The van der Waals surface area contributed by atoms with Gasteiger partial charge in [0.15, 0.2) is 0 Å². The van der Waals surface area contributed by atoms with E-state index in [1.165, 1.54) is 45.2 Å². The van der Waals surface area contributed by atoms with Crippen LogP contribution in [0.1, 0.15) is 38.5 Å². The SMILES string of the molecule is NCCC1CCN(C2CCC3CC32)CC1. The Hall–Kier alpha value is -0.0800. The lowest BCUT2D eigenvalue weighted by Gasteiger charge is -2.36. The summed E-state index contributed by atoms with van der Waals surface area (Å²) in [5.74, 6) is 3.18. The molecule has 3 unspecified atom stereocenters. The summed E-state index contributed by atoms with van der Waals surface area (Å²) in [5, 5.41) is 0. The molecule has 0 radical (unpaired) electrons. The zero-order chi connectivity index (χ0) is 10.3. The van der Waals surface area contributed by atoms with E-state index in [0.29, 0.717) is 0 Å². The molecule has 3 atom stereocenters. The van der Waals surface area contributed by atoms with Gasteiger partial charge in [-0.25, -0.2) is 0 Å². The summed E-state index contributed by atoms with van der Waals surface area (Å²) in [4.78, 5) is 2.80. The average Bonchev–Trinajstić information content (AvgIpc) is 2.93. The maximum absolute atomic E-state index is 5.63. The number of rotatable bonds is 3. The molecule has 0 aromatic rings. The molecule has 2 nitrogen and oxygen atoms in total. The molecule has 3 rings (SSSR count). The molecule has 0 bridgehead atoms. The Labute approximate surface area is 93.2 Å². The Kier molecular flexibility index (Phi) is 2.73. The van der Waals surface area contributed by atoms with Crippen LogP contribution in [0.4, 0.5) is 0 Å². The average molecular weight is 208 g/mol. The fraction of sp³-hybridized carbons (Fsp3) is 1.00. The van der Waals surface area contributed by atoms with Gasteiger partial charge in [-0.1, -0.05) is 0 Å². The van der Waals surface area contributed by atoms with Gasteiger partial charge in [0, 0.05) is 6.04 Å². The van der Waals surface area contributed by atoms with Gasteiger partial charge in [-0.05, 0) is 75.9 Å². The molecule has 0 spiro atoms. The van der Waals surface area contributed by atoms with Gasteiger partial charge in [0.1, 0.15) is 0 Å². The van der Waals surface area contributed by atoms with Crippen LogP contribution < -0.4 is 5.73 Å². The normalized spacial score (nSPS) is 41.8. The first kappa shape index (κ1) is 10.1. The largest absolute Gasteiger partial charge is 0.330 e. The van der Waals surface area contributed by atoms with Crippen molar-refractivity contribution in [2.75, 3.05) is 19.6 Å². The third-order valence-electron chi connectivity index (χ3n) is 5.00. The van der Waals surface area contributed by atoms with Crippen molar-refractivity contribution in [1.29, 1.82) is 0 Å². The minimum Gasteiger partial charge on any atom is -0.330 e. The Morgan fingerprint density at radius 2 is 1.87 bits per heavy atom.